The Balaban J connectivity index is 1.76. The molecular weight excluding hydrogens is 340 g/mol. The van der Waals surface area contributed by atoms with Gasteiger partial charge in [-0.15, -0.1) is 0 Å². The van der Waals surface area contributed by atoms with Crippen LogP contribution in [0.3, 0.4) is 0 Å². The highest BCUT2D eigenvalue weighted by Crippen LogP contribution is 2.30. The first-order chi connectivity index (χ1) is 13.1. The SMILES string of the molecule is COc1ccc(OC)c2c(=O)c(CN3CCc4ccccc4C3)c(C)[nH]c12. The van der Waals surface area contributed by atoms with Crippen LogP contribution in [0.5, 0.6) is 11.5 Å². The Labute approximate surface area is 158 Å². The monoisotopic (exact) mass is 364 g/mol. The summed E-state index contributed by atoms with van der Waals surface area (Å²) < 4.78 is 10.9. The van der Waals surface area contributed by atoms with Crippen molar-refractivity contribution < 1.29 is 9.47 Å². The average molecular weight is 364 g/mol. The van der Waals surface area contributed by atoms with Gasteiger partial charge in [-0.1, -0.05) is 24.3 Å². The molecule has 0 fully saturated rings. The van der Waals surface area contributed by atoms with Gasteiger partial charge in [-0.3, -0.25) is 9.69 Å². The molecule has 1 N–H and O–H groups in total. The van der Waals surface area contributed by atoms with Crippen LogP contribution in [0.15, 0.2) is 41.2 Å². The van der Waals surface area contributed by atoms with E-state index >= 15 is 0 Å². The molecule has 1 aliphatic heterocycles. The Morgan fingerprint density at radius 3 is 2.48 bits per heavy atom. The fourth-order valence-corrected chi connectivity index (χ4v) is 3.94. The average Bonchev–Trinajstić information content (AvgIpc) is 2.70. The number of aryl methyl sites for hydroxylation is 1. The molecule has 0 aliphatic carbocycles. The fraction of sp³-hybridized carbons (Fsp3) is 0.318. The third-order valence-electron chi connectivity index (χ3n) is 5.43. The number of aromatic nitrogens is 1. The minimum atomic E-state index is 0.0101. The summed E-state index contributed by atoms with van der Waals surface area (Å²) in [5.74, 6) is 1.21. The molecule has 0 spiro atoms. The van der Waals surface area contributed by atoms with E-state index in [-0.39, 0.29) is 5.43 Å². The quantitative estimate of drug-likeness (QED) is 0.771. The molecule has 0 atom stereocenters. The zero-order valence-corrected chi connectivity index (χ0v) is 16.0. The van der Waals surface area contributed by atoms with Crippen molar-refractivity contribution >= 4 is 10.9 Å². The second-order valence-corrected chi connectivity index (χ2v) is 7.01. The first-order valence-electron chi connectivity index (χ1n) is 9.18. The second kappa shape index (κ2) is 7.08. The van der Waals surface area contributed by atoms with Crippen LogP contribution in [-0.2, 0) is 19.5 Å². The molecule has 0 bridgehead atoms. The normalized spacial score (nSPS) is 14.2. The van der Waals surface area contributed by atoms with Crippen molar-refractivity contribution in [1.82, 2.24) is 9.88 Å². The van der Waals surface area contributed by atoms with Crippen molar-refractivity contribution in [2.45, 2.75) is 26.4 Å². The summed E-state index contributed by atoms with van der Waals surface area (Å²) in [4.78, 5) is 19.0. The van der Waals surface area contributed by atoms with Crippen LogP contribution >= 0.6 is 0 Å². The van der Waals surface area contributed by atoms with E-state index in [9.17, 15) is 4.79 Å². The number of ether oxygens (including phenoxy) is 2. The molecule has 1 aliphatic rings. The Morgan fingerprint density at radius 1 is 1.04 bits per heavy atom. The molecule has 0 saturated heterocycles. The molecule has 1 aromatic heterocycles. The van der Waals surface area contributed by atoms with Gasteiger partial charge in [0.15, 0.2) is 5.43 Å². The maximum atomic E-state index is 13.3. The minimum Gasteiger partial charge on any atom is -0.496 e. The first-order valence-corrected chi connectivity index (χ1v) is 9.18. The molecular formula is C22H24N2O3. The number of H-pyrrole nitrogens is 1. The number of nitrogens with one attached hydrogen (secondary N) is 1. The summed E-state index contributed by atoms with van der Waals surface area (Å²) in [7, 11) is 3.19. The highest BCUT2D eigenvalue weighted by molar-refractivity contribution is 5.90. The van der Waals surface area contributed by atoms with Gasteiger partial charge in [-0.2, -0.15) is 0 Å². The van der Waals surface area contributed by atoms with E-state index in [1.165, 1.54) is 11.1 Å². The van der Waals surface area contributed by atoms with E-state index in [4.69, 9.17) is 9.47 Å². The highest BCUT2D eigenvalue weighted by Gasteiger charge is 2.21. The zero-order chi connectivity index (χ0) is 19.0. The van der Waals surface area contributed by atoms with Gasteiger partial charge in [-0.25, -0.2) is 0 Å². The molecule has 2 aromatic carbocycles. The highest BCUT2D eigenvalue weighted by atomic mass is 16.5. The number of rotatable bonds is 4. The van der Waals surface area contributed by atoms with Crippen LogP contribution in [-0.4, -0.2) is 30.6 Å². The molecule has 0 radical (unpaired) electrons. The van der Waals surface area contributed by atoms with Crippen LogP contribution in [0.25, 0.3) is 10.9 Å². The molecule has 0 unspecified atom stereocenters. The van der Waals surface area contributed by atoms with Gasteiger partial charge in [0.25, 0.3) is 0 Å². The molecule has 140 valence electrons. The van der Waals surface area contributed by atoms with E-state index in [0.29, 0.717) is 28.9 Å². The molecule has 27 heavy (non-hydrogen) atoms. The smallest absolute Gasteiger partial charge is 0.198 e. The van der Waals surface area contributed by atoms with Gasteiger partial charge in [0, 0.05) is 30.9 Å². The Morgan fingerprint density at radius 2 is 1.74 bits per heavy atom. The maximum Gasteiger partial charge on any atom is 0.198 e. The van der Waals surface area contributed by atoms with Crippen molar-refractivity contribution in [3.05, 3.63) is 69.0 Å². The number of nitrogens with zero attached hydrogens (tertiary/aromatic N) is 1. The summed E-state index contributed by atoms with van der Waals surface area (Å²) >= 11 is 0. The molecule has 5 heteroatoms. The fourth-order valence-electron chi connectivity index (χ4n) is 3.94. The number of hydrogen-bond donors (Lipinski definition) is 1. The lowest BCUT2D eigenvalue weighted by atomic mass is 9.99. The number of aromatic amines is 1. The third-order valence-corrected chi connectivity index (χ3v) is 5.43. The summed E-state index contributed by atoms with van der Waals surface area (Å²) in [5, 5.41) is 0.551. The summed E-state index contributed by atoms with van der Waals surface area (Å²) in [5.41, 5.74) is 5.11. The van der Waals surface area contributed by atoms with Gasteiger partial charge < -0.3 is 14.5 Å². The van der Waals surface area contributed by atoms with E-state index in [1.54, 1.807) is 20.3 Å². The minimum absolute atomic E-state index is 0.0101. The lowest BCUT2D eigenvalue weighted by Gasteiger charge is -2.29. The molecule has 4 rings (SSSR count). The van der Waals surface area contributed by atoms with Gasteiger partial charge >= 0.3 is 0 Å². The third kappa shape index (κ3) is 3.08. The topological polar surface area (TPSA) is 54.6 Å². The zero-order valence-electron chi connectivity index (χ0n) is 16.0. The Hall–Kier alpha value is -2.79. The maximum absolute atomic E-state index is 13.3. The van der Waals surface area contributed by atoms with Crippen LogP contribution in [0.2, 0.25) is 0 Å². The van der Waals surface area contributed by atoms with Crippen molar-refractivity contribution in [3.8, 4) is 11.5 Å². The van der Waals surface area contributed by atoms with Crippen LogP contribution < -0.4 is 14.9 Å². The molecule has 2 heterocycles. The second-order valence-electron chi connectivity index (χ2n) is 7.01. The van der Waals surface area contributed by atoms with E-state index < -0.39 is 0 Å². The van der Waals surface area contributed by atoms with Crippen LogP contribution in [0.4, 0.5) is 0 Å². The number of methoxy groups -OCH3 is 2. The van der Waals surface area contributed by atoms with Crippen molar-refractivity contribution in [2.24, 2.45) is 0 Å². The van der Waals surface area contributed by atoms with Gasteiger partial charge in [0.2, 0.25) is 0 Å². The Bertz CT molecular complexity index is 1060. The lowest BCUT2D eigenvalue weighted by Crippen LogP contribution is -2.32. The largest absolute Gasteiger partial charge is 0.496 e. The lowest BCUT2D eigenvalue weighted by molar-refractivity contribution is 0.244. The molecule has 0 saturated carbocycles. The van der Waals surface area contributed by atoms with Gasteiger partial charge in [0.1, 0.15) is 11.5 Å². The summed E-state index contributed by atoms with van der Waals surface area (Å²) in [6, 6.07) is 12.1. The van der Waals surface area contributed by atoms with Crippen molar-refractivity contribution in [2.75, 3.05) is 20.8 Å². The van der Waals surface area contributed by atoms with Crippen molar-refractivity contribution in [1.29, 1.82) is 0 Å². The predicted octanol–water partition coefficient (Wildman–Crippen LogP) is 3.41. The molecule has 5 nitrogen and oxygen atoms in total. The van der Waals surface area contributed by atoms with Gasteiger partial charge in [0.05, 0.1) is 25.1 Å². The van der Waals surface area contributed by atoms with Gasteiger partial charge in [-0.05, 0) is 36.6 Å². The summed E-state index contributed by atoms with van der Waals surface area (Å²) in [6.45, 7) is 4.38. The van der Waals surface area contributed by atoms with Crippen molar-refractivity contribution in [3.63, 3.8) is 0 Å². The van der Waals surface area contributed by atoms with E-state index in [1.807, 2.05) is 13.0 Å². The standard InChI is InChI=1S/C22H24N2O3/c1-14-17(13-24-11-10-15-6-4-5-7-16(15)12-24)22(25)20-18(26-2)8-9-19(27-3)21(20)23-14/h4-9H,10-13H2,1-3H3,(H,23,25). The molecule has 3 aromatic rings. The Kier molecular flexibility index (Phi) is 4.62. The van der Waals surface area contributed by atoms with E-state index in [0.717, 1.165) is 30.8 Å². The number of fused-ring (bicyclic) bond motifs is 2. The number of benzene rings is 2. The predicted molar refractivity (Wildman–Crippen MR) is 107 cm³/mol. The van der Waals surface area contributed by atoms with Crippen LogP contribution in [0, 0.1) is 6.92 Å². The number of pyridine rings is 1. The van der Waals surface area contributed by atoms with E-state index in [2.05, 4.69) is 34.1 Å². The summed E-state index contributed by atoms with van der Waals surface area (Å²) in [6.07, 6.45) is 1.01. The first kappa shape index (κ1) is 17.6. The van der Waals surface area contributed by atoms with Crippen LogP contribution in [0.1, 0.15) is 22.4 Å². The molecule has 0 amide bonds. The number of hydrogen-bond acceptors (Lipinski definition) is 4.